The van der Waals surface area contributed by atoms with Gasteiger partial charge in [0.15, 0.2) is 0 Å². The molecule has 0 amide bonds. The molecular formula is C12H18ClN. The van der Waals surface area contributed by atoms with Crippen molar-refractivity contribution in [1.82, 2.24) is 5.32 Å². The first-order valence-electron chi connectivity index (χ1n) is 5.15. The summed E-state index contributed by atoms with van der Waals surface area (Å²) < 4.78 is 0. The Morgan fingerprint density at radius 3 is 2.79 bits per heavy atom. The number of nitrogens with one attached hydrogen (secondary N) is 1. The first kappa shape index (κ1) is 11.5. The zero-order chi connectivity index (χ0) is 10.4. The van der Waals surface area contributed by atoms with E-state index < -0.39 is 0 Å². The first-order valence-corrected chi connectivity index (χ1v) is 5.53. The van der Waals surface area contributed by atoms with E-state index in [4.69, 9.17) is 11.6 Å². The number of hydrogen-bond donors (Lipinski definition) is 1. The Hall–Kier alpha value is -0.530. The van der Waals surface area contributed by atoms with Gasteiger partial charge in [0.2, 0.25) is 0 Å². The molecule has 78 valence electrons. The van der Waals surface area contributed by atoms with E-state index in [1.165, 1.54) is 12.0 Å². The lowest BCUT2D eigenvalue weighted by molar-refractivity contribution is 0.481. The zero-order valence-corrected chi connectivity index (χ0v) is 9.64. The fourth-order valence-corrected chi connectivity index (χ4v) is 1.86. The molecular weight excluding hydrogens is 194 g/mol. The van der Waals surface area contributed by atoms with Gasteiger partial charge in [-0.25, -0.2) is 0 Å². The molecule has 0 fully saturated rings. The molecule has 0 spiro atoms. The van der Waals surface area contributed by atoms with Crippen LogP contribution in [0.5, 0.6) is 0 Å². The normalized spacial score (nSPS) is 12.8. The van der Waals surface area contributed by atoms with Gasteiger partial charge in [0.05, 0.1) is 0 Å². The Kier molecular flexibility index (Phi) is 4.99. The third kappa shape index (κ3) is 3.69. The standard InChI is InChI=1S/C12H18ClN/c1-3-10(9-14-2)7-11-5-4-6-12(13)8-11/h4-6,8,10,14H,3,7,9H2,1-2H3. The average molecular weight is 212 g/mol. The second-order valence-electron chi connectivity index (χ2n) is 3.67. The molecule has 0 aliphatic heterocycles. The molecule has 14 heavy (non-hydrogen) atoms. The van der Waals surface area contributed by atoms with Crippen LogP contribution in [0, 0.1) is 5.92 Å². The number of benzene rings is 1. The SMILES string of the molecule is CCC(CNC)Cc1cccc(Cl)c1. The van der Waals surface area contributed by atoms with Gasteiger partial charge >= 0.3 is 0 Å². The molecule has 0 saturated heterocycles. The Balaban J connectivity index is 2.57. The maximum Gasteiger partial charge on any atom is 0.0408 e. The lowest BCUT2D eigenvalue weighted by atomic mass is 9.97. The minimum absolute atomic E-state index is 0.707. The maximum absolute atomic E-state index is 5.93. The predicted molar refractivity (Wildman–Crippen MR) is 62.9 cm³/mol. The highest BCUT2D eigenvalue weighted by Gasteiger charge is 2.06. The molecule has 1 rings (SSSR count). The van der Waals surface area contributed by atoms with Crippen LogP contribution in [0.2, 0.25) is 5.02 Å². The van der Waals surface area contributed by atoms with Gasteiger partial charge in [0, 0.05) is 5.02 Å². The van der Waals surface area contributed by atoms with Crippen LogP contribution in [-0.2, 0) is 6.42 Å². The Morgan fingerprint density at radius 1 is 1.43 bits per heavy atom. The Labute approximate surface area is 91.5 Å². The summed E-state index contributed by atoms with van der Waals surface area (Å²) in [5.74, 6) is 0.707. The summed E-state index contributed by atoms with van der Waals surface area (Å²) in [6.45, 7) is 3.30. The van der Waals surface area contributed by atoms with E-state index in [-0.39, 0.29) is 0 Å². The summed E-state index contributed by atoms with van der Waals surface area (Å²) in [7, 11) is 2.00. The van der Waals surface area contributed by atoms with Crippen LogP contribution < -0.4 is 5.32 Å². The van der Waals surface area contributed by atoms with Crippen molar-refractivity contribution in [2.75, 3.05) is 13.6 Å². The lowest BCUT2D eigenvalue weighted by Crippen LogP contribution is -2.20. The van der Waals surface area contributed by atoms with E-state index in [0.717, 1.165) is 18.0 Å². The molecule has 0 saturated carbocycles. The molecule has 1 nitrogen and oxygen atoms in total. The largest absolute Gasteiger partial charge is 0.319 e. The summed E-state index contributed by atoms with van der Waals surface area (Å²) >= 11 is 5.93. The highest BCUT2D eigenvalue weighted by molar-refractivity contribution is 6.30. The van der Waals surface area contributed by atoms with Gasteiger partial charge in [0.25, 0.3) is 0 Å². The van der Waals surface area contributed by atoms with Gasteiger partial charge in [-0.05, 0) is 43.6 Å². The predicted octanol–water partition coefficient (Wildman–Crippen LogP) is 3.13. The van der Waals surface area contributed by atoms with Crippen LogP contribution in [0.1, 0.15) is 18.9 Å². The summed E-state index contributed by atoms with van der Waals surface area (Å²) in [6, 6.07) is 8.14. The van der Waals surface area contributed by atoms with Gasteiger partial charge in [-0.15, -0.1) is 0 Å². The van der Waals surface area contributed by atoms with Crippen molar-refractivity contribution >= 4 is 11.6 Å². The van der Waals surface area contributed by atoms with E-state index >= 15 is 0 Å². The van der Waals surface area contributed by atoms with Gasteiger partial charge in [-0.2, -0.15) is 0 Å². The topological polar surface area (TPSA) is 12.0 Å². The van der Waals surface area contributed by atoms with Gasteiger partial charge in [-0.3, -0.25) is 0 Å². The Bertz CT molecular complexity index is 273. The summed E-state index contributed by atoms with van der Waals surface area (Å²) in [4.78, 5) is 0. The third-order valence-corrected chi connectivity index (χ3v) is 2.72. The minimum atomic E-state index is 0.707. The minimum Gasteiger partial charge on any atom is -0.319 e. The summed E-state index contributed by atoms with van der Waals surface area (Å²) in [5.41, 5.74) is 1.33. The quantitative estimate of drug-likeness (QED) is 0.789. The highest BCUT2D eigenvalue weighted by atomic mass is 35.5. The molecule has 1 aromatic carbocycles. The van der Waals surface area contributed by atoms with Crippen molar-refractivity contribution in [3.8, 4) is 0 Å². The van der Waals surface area contributed by atoms with Crippen LogP contribution in [0.25, 0.3) is 0 Å². The summed E-state index contributed by atoms with van der Waals surface area (Å²) in [5, 5.41) is 4.06. The monoisotopic (exact) mass is 211 g/mol. The molecule has 0 heterocycles. The van der Waals surface area contributed by atoms with Crippen LogP contribution in [0.15, 0.2) is 24.3 Å². The average Bonchev–Trinajstić information content (AvgIpc) is 2.17. The second kappa shape index (κ2) is 6.05. The molecule has 1 N–H and O–H groups in total. The maximum atomic E-state index is 5.93. The third-order valence-electron chi connectivity index (χ3n) is 2.48. The molecule has 1 unspecified atom stereocenters. The number of hydrogen-bond acceptors (Lipinski definition) is 1. The van der Waals surface area contributed by atoms with Gasteiger partial charge in [0.1, 0.15) is 0 Å². The summed E-state index contributed by atoms with van der Waals surface area (Å²) in [6.07, 6.45) is 2.31. The van der Waals surface area contributed by atoms with E-state index in [9.17, 15) is 0 Å². The van der Waals surface area contributed by atoms with Crippen LogP contribution in [0.3, 0.4) is 0 Å². The highest BCUT2D eigenvalue weighted by Crippen LogP contribution is 2.15. The van der Waals surface area contributed by atoms with Crippen LogP contribution in [-0.4, -0.2) is 13.6 Å². The van der Waals surface area contributed by atoms with Crippen molar-refractivity contribution < 1.29 is 0 Å². The first-order chi connectivity index (χ1) is 6.76. The molecule has 0 aliphatic rings. The molecule has 0 aliphatic carbocycles. The fraction of sp³-hybridized carbons (Fsp3) is 0.500. The smallest absolute Gasteiger partial charge is 0.0408 e. The van der Waals surface area contributed by atoms with Crippen molar-refractivity contribution in [1.29, 1.82) is 0 Å². The van der Waals surface area contributed by atoms with E-state index in [1.807, 2.05) is 19.2 Å². The van der Waals surface area contributed by atoms with Crippen molar-refractivity contribution in [2.45, 2.75) is 19.8 Å². The molecule has 0 bridgehead atoms. The zero-order valence-electron chi connectivity index (χ0n) is 8.89. The van der Waals surface area contributed by atoms with Crippen molar-refractivity contribution in [2.24, 2.45) is 5.92 Å². The van der Waals surface area contributed by atoms with Crippen LogP contribution in [0.4, 0.5) is 0 Å². The molecule has 0 radical (unpaired) electrons. The van der Waals surface area contributed by atoms with E-state index in [2.05, 4.69) is 24.4 Å². The molecule has 2 heteroatoms. The van der Waals surface area contributed by atoms with E-state index in [0.29, 0.717) is 5.92 Å². The lowest BCUT2D eigenvalue weighted by Gasteiger charge is -2.14. The van der Waals surface area contributed by atoms with Crippen molar-refractivity contribution in [3.05, 3.63) is 34.9 Å². The molecule has 1 atom stereocenters. The molecule has 1 aromatic rings. The Morgan fingerprint density at radius 2 is 2.21 bits per heavy atom. The van der Waals surface area contributed by atoms with Crippen molar-refractivity contribution in [3.63, 3.8) is 0 Å². The number of rotatable bonds is 5. The fourth-order valence-electron chi connectivity index (χ4n) is 1.65. The second-order valence-corrected chi connectivity index (χ2v) is 4.10. The van der Waals surface area contributed by atoms with Crippen LogP contribution >= 0.6 is 11.6 Å². The van der Waals surface area contributed by atoms with Gasteiger partial charge < -0.3 is 5.32 Å². The van der Waals surface area contributed by atoms with Gasteiger partial charge in [-0.1, -0.05) is 37.1 Å². The number of halogens is 1. The van der Waals surface area contributed by atoms with E-state index in [1.54, 1.807) is 0 Å². The molecule has 0 aromatic heterocycles.